The molecule has 2 aromatic carbocycles. The lowest BCUT2D eigenvalue weighted by molar-refractivity contribution is -0.119. The first kappa shape index (κ1) is 19.4. The summed E-state index contributed by atoms with van der Waals surface area (Å²) in [7, 11) is 1.26. The van der Waals surface area contributed by atoms with Gasteiger partial charge >= 0.3 is 11.9 Å². The minimum atomic E-state index is -0.740. The number of carbonyl (C=O) groups excluding carboxylic acids is 3. The van der Waals surface area contributed by atoms with Crippen molar-refractivity contribution in [1.82, 2.24) is 0 Å². The normalized spacial score (nSPS) is 10.8. The quantitative estimate of drug-likeness (QED) is 0.241. The molecule has 0 atom stereocenters. The number of ether oxygens (including phenoxy) is 2. The van der Waals surface area contributed by atoms with Crippen LogP contribution in [0, 0.1) is 0 Å². The number of nitrogens with two attached hydrogens (primary N) is 2. The number of esters is 1. The van der Waals surface area contributed by atoms with E-state index in [9.17, 15) is 14.4 Å². The van der Waals surface area contributed by atoms with Gasteiger partial charge in [-0.2, -0.15) is 0 Å². The second kappa shape index (κ2) is 8.99. The standard InChI is InChI=1S/C18H17N3O6/c1-25-17(23)12-2-4-13(5-3-12)18(24)27-21-16(20)11-6-8-14(9-7-11)26-10-15(19)22/h2-9H,10H2,1H3,(H2,19,22)(H2,20,21). The summed E-state index contributed by atoms with van der Waals surface area (Å²) >= 11 is 0. The molecule has 0 heterocycles. The van der Waals surface area contributed by atoms with Crippen molar-refractivity contribution in [3.05, 3.63) is 65.2 Å². The van der Waals surface area contributed by atoms with Gasteiger partial charge in [0.25, 0.3) is 5.91 Å². The molecule has 0 aliphatic rings. The van der Waals surface area contributed by atoms with Crippen molar-refractivity contribution in [2.75, 3.05) is 13.7 Å². The Balaban J connectivity index is 1.98. The third-order valence-electron chi connectivity index (χ3n) is 3.30. The molecule has 2 aromatic rings. The summed E-state index contributed by atoms with van der Waals surface area (Å²) in [6.45, 7) is -0.241. The number of methoxy groups -OCH3 is 1. The van der Waals surface area contributed by atoms with Gasteiger partial charge in [-0.15, -0.1) is 0 Å². The lowest BCUT2D eigenvalue weighted by atomic mass is 10.1. The summed E-state index contributed by atoms with van der Waals surface area (Å²) in [6, 6.07) is 12.0. The van der Waals surface area contributed by atoms with Crippen molar-refractivity contribution in [2.45, 2.75) is 0 Å². The summed E-state index contributed by atoms with van der Waals surface area (Å²) in [5, 5.41) is 3.59. The van der Waals surface area contributed by atoms with Gasteiger partial charge in [-0.3, -0.25) is 4.79 Å². The Hall–Kier alpha value is -3.88. The summed E-state index contributed by atoms with van der Waals surface area (Å²) in [5.41, 5.74) is 11.7. The molecule has 4 N–H and O–H groups in total. The molecule has 0 spiro atoms. The number of primary amides is 1. The van der Waals surface area contributed by atoms with Gasteiger partial charge < -0.3 is 25.8 Å². The molecule has 27 heavy (non-hydrogen) atoms. The predicted octanol–water partition coefficient (Wildman–Crippen LogP) is 0.815. The third-order valence-corrected chi connectivity index (χ3v) is 3.30. The van der Waals surface area contributed by atoms with Crippen LogP contribution in [0.25, 0.3) is 0 Å². The summed E-state index contributed by atoms with van der Waals surface area (Å²) in [4.78, 5) is 38.8. The maximum Gasteiger partial charge on any atom is 0.365 e. The monoisotopic (exact) mass is 371 g/mol. The van der Waals surface area contributed by atoms with E-state index in [1.807, 2.05) is 0 Å². The van der Waals surface area contributed by atoms with Crippen molar-refractivity contribution in [3.8, 4) is 5.75 Å². The van der Waals surface area contributed by atoms with Crippen LogP contribution >= 0.6 is 0 Å². The van der Waals surface area contributed by atoms with E-state index in [4.69, 9.17) is 21.0 Å². The highest BCUT2D eigenvalue weighted by Gasteiger charge is 2.11. The average Bonchev–Trinajstić information content (AvgIpc) is 2.70. The highest BCUT2D eigenvalue weighted by atomic mass is 16.7. The first-order valence-corrected chi connectivity index (χ1v) is 7.65. The molecule has 0 bridgehead atoms. The van der Waals surface area contributed by atoms with Gasteiger partial charge in [0.2, 0.25) is 0 Å². The fraction of sp³-hybridized carbons (Fsp3) is 0.111. The van der Waals surface area contributed by atoms with Crippen LogP contribution in [0.4, 0.5) is 0 Å². The molecule has 0 saturated heterocycles. The zero-order valence-electron chi connectivity index (χ0n) is 14.4. The van der Waals surface area contributed by atoms with Crippen LogP contribution in [-0.4, -0.2) is 37.4 Å². The lowest BCUT2D eigenvalue weighted by Crippen LogP contribution is -2.20. The molecule has 9 nitrogen and oxygen atoms in total. The Bertz CT molecular complexity index is 860. The van der Waals surface area contributed by atoms with E-state index in [0.29, 0.717) is 16.9 Å². The number of amides is 1. The van der Waals surface area contributed by atoms with Crippen molar-refractivity contribution in [3.63, 3.8) is 0 Å². The predicted molar refractivity (Wildman–Crippen MR) is 95.1 cm³/mol. The molecule has 9 heteroatoms. The van der Waals surface area contributed by atoms with Crippen LogP contribution in [0.3, 0.4) is 0 Å². The molecule has 0 aromatic heterocycles. The van der Waals surface area contributed by atoms with Crippen molar-refractivity contribution in [1.29, 1.82) is 0 Å². The molecule has 0 radical (unpaired) electrons. The summed E-state index contributed by atoms with van der Waals surface area (Å²) < 4.78 is 9.69. The van der Waals surface area contributed by atoms with E-state index in [1.54, 1.807) is 24.3 Å². The SMILES string of the molecule is COC(=O)c1ccc(C(=O)O/N=C(\N)c2ccc(OCC(N)=O)cc2)cc1. The Kier molecular flexibility index (Phi) is 6.48. The molecule has 0 saturated carbocycles. The Morgan fingerprint density at radius 2 is 1.37 bits per heavy atom. The smallest absolute Gasteiger partial charge is 0.365 e. The fourth-order valence-electron chi connectivity index (χ4n) is 1.93. The zero-order valence-corrected chi connectivity index (χ0v) is 14.4. The Morgan fingerprint density at radius 1 is 0.852 bits per heavy atom. The topological polar surface area (TPSA) is 143 Å². The first-order valence-electron chi connectivity index (χ1n) is 7.65. The first-order chi connectivity index (χ1) is 12.9. The lowest BCUT2D eigenvalue weighted by Gasteiger charge is -2.05. The number of amidine groups is 1. The van der Waals surface area contributed by atoms with Crippen LogP contribution in [-0.2, 0) is 14.4 Å². The van der Waals surface area contributed by atoms with E-state index in [1.165, 1.54) is 31.4 Å². The van der Waals surface area contributed by atoms with E-state index < -0.39 is 17.8 Å². The van der Waals surface area contributed by atoms with Crippen LogP contribution in [0.2, 0.25) is 0 Å². The molecule has 0 aliphatic heterocycles. The third kappa shape index (κ3) is 5.56. The molecule has 0 aliphatic carbocycles. The van der Waals surface area contributed by atoms with Gasteiger partial charge in [0, 0.05) is 5.56 Å². The minimum absolute atomic E-state index is 0.0315. The van der Waals surface area contributed by atoms with E-state index >= 15 is 0 Å². The number of rotatable bonds is 7. The Morgan fingerprint density at radius 3 is 1.89 bits per heavy atom. The van der Waals surface area contributed by atoms with Gasteiger partial charge in [-0.1, -0.05) is 5.16 Å². The van der Waals surface area contributed by atoms with Gasteiger partial charge in [0.05, 0.1) is 18.2 Å². The molecule has 0 fully saturated rings. The second-order valence-electron chi connectivity index (χ2n) is 5.20. The van der Waals surface area contributed by atoms with Gasteiger partial charge in [-0.05, 0) is 48.5 Å². The van der Waals surface area contributed by atoms with Crippen molar-refractivity contribution in [2.24, 2.45) is 16.6 Å². The van der Waals surface area contributed by atoms with Gasteiger partial charge in [0.15, 0.2) is 12.4 Å². The second-order valence-corrected chi connectivity index (χ2v) is 5.20. The number of hydrogen-bond acceptors (Lipinski definition) is 7. The number of nitrogens with zero attached hydrogens (tertiary/aromatic N) is 1. The van der Waals surface area contributed by atoms with Gasteiger partial charge in [0.1, 0.15) is 5.75 Å². The fourth-order valence-corrected chi connectivity index (χ4v) is 1.93. The van der Waals surface area contributed by atoms with Crippen LogP contribution in [0.1, 0.15) is 26.3 Å². The van der Waals surface area contributed by atoms with E-state index in [2.05, 4.69) is 9.89 Å². The van der Waals surface area contributed by atoms with Crippen molar-refractivity contribution < 1.29 is 28.7 Å². The minimum Gasteiger partial charge on any atom is -0.484 e. The van der Waals surface area contributed by atoms with Crippen LogP contribution in [0.5, 0.6) is 5.75 Å². The van der Waals surface area contributed by atoms with Crippen molar-refractivity contribution >= 4 is 23.7 Å². The van der Waals surface area contributed by atoms with Crippen LogP contribution < -0.4 is 16.2 Å². The number of carbonyl (C=O) groups is 3. The summed E-state index contributed by atoms with van der Waals surface area (Å²) in [6.07, 6.45) is 0. The maximum absolute atomic E-state index is 12.0. The highest BCUT2D eigenvalue weighted by Crippen LogP contribution is 2.12. The highest BCUT2D eigenvalue weighted by molar-refractivity contribution is 5.98. The molecule has 140 valence electrons. The van der Waals surface area contributed by atoms with E-state index in [-0.39, 0.29) is 18.0 Å². The molecule has 0 unspecified atom stereocenters. The molecule has 1 amide bonds. The number of oxime groups is 1. The maximum atomic E-state index is 12.0. The summed E-state index contributed by atoms with van der Waals surface area (Å²) in [5.74, 6) is -1.45. The van der Waals surface area contributed by atoms with E-state index in [0.717, 1.165) is 0 Å². The molecule has 2 rings (SSSR count). The largest absolute Gasteiger partial charge is 0.484 e. The van der Waals surface area contributed by atoms with Crippen LogP contribution in [0.15, 0.2) is 53.7 Å². The number of hydrogen-bond donors (Lipinski definition) is 2. The molecular formula is C18H17N3O6. The molecular weight excluding hydrogens is 354 g/mol. The zero-order chi connectivity index (χ0) is 19.8. The van der Waals surface area contributed by atoms with Gasteiger partial charge in [-0.25, -0.2) is 9.59 Å². The Labute approximate surface area is 154 Å². The average molecular weight is 371 g/mol. The number of benzene rings is 2.